The van der Waals surface area contributed by atoms with E-state index in [9.17, 15) is 4.79 Å². The van der Waals surface area contributed by atoms with Crippen LogP contribution < -0.4 is 11.1 Å². The number of hydrogen-bond donors (Lipinski definition) is 2. The molecule has 0 aliphatic rings. The van der Waals surface area contributed by atoms with Gasteiger partial charge >= 0.3 is 0 Å². The van der Waals surface area contributed by atoms with Gasteiger partial charge in [0, 0.05) is 11.0 Å². The van der Waals surface area contributed by atoms with Crippen LogP contribution >= 0.6 is 15.9 Å². The smallest absolute Gasteiger partial charge is 0.252 e. The highest BCUT2D eigenvalue weighted by atomic mass is 79.9. The minimum atomic E-state index is -0.0565. The molecule has 3 nitrogen and oxygen atoms in total. The van der Waals surface area contributed by atoms with Crippen molar-refractivity contribution in [3.63, 3.8) is 0 Å². The first-order valence-corrected chi connectivity index (χ1v) is 5.69. The molecule has 1 rings (SSSR count). The Labute approximate surface area is 98.2 Å². The molecule has 0 aromatic heterocycles. The zero-order chi connectivity index (χ0) is 11.3. The van der Waals surface area contributed by atoms with Gasteiger partial charge in [0.15, 0.2) is 0 Å². The summed E-state index contributed by atoms with van der Waals surface area (Å²) >= 11 is 3.40. The summed E-state index contributed by atoms with van der Waals surface area (Å²) in [7, 11) is 0. The molecule has 1 aromatic rings. The summed E-state index contributed by atoms with van der Waals surface area (Å²) < 4.78 is 0.857. The fraction of sp³-hybridized carbons (Fsp3) is 0.364. The second kappa shape index (κ2) is 5.88. The average molecular weight is 271 g/mol. The van der Waals surface area contributed by atoms with Crippen LogP contribution in [0, 0.1) is 6.92 Å². The Kier molecular flexibility index (Phi) is 4.78. The first-order chi connectivity index (χ1) is 7.16. The second-order valence-electron chi connectivity index (χ2n) is 3.33. The van der Waals surface area contributed by atoms with Crippen LogP contribution in [0.5, 0.6) is 0 Å². The minimum Gasteiger partial charge on any atom is -0.352 e. The number of amides is 1. The van der Waals surface area contributed by atoms with E-state index in [0.29, 0.717) is 18.7 Å². The molecule has 3 N–H and O–H groups in total. The van der Waals surface area contributed by atoms with E-state index in [2.05, 4.69) is 21.2 Å². The molecule has 0 unspecified atom stereocenters. The molecule has 0 fully saturated rings. The Morgan fingerprint density at radius 3 is 2.93 bits per heavy atom. The molecule has 0 heterocycles. The third-order valence-electron chi connectivity index (χ3n) is 2.10. The van der Waals surface area contributed by atoms with E-state index in [-0.39, 0.29) is 5.91 Å². The van der Waals surface area contributed by atoms with Crippen molar-refractivity contribution in [1.29, 1.82) is 0 Å². The molecule has 0 radical (unpaired) electrons. The van der Waals surface area contributed by atoms with E-state index >= 15 is 0 Å². The third kappa shape index (κ3) is 3.32. The van der Waals surface area contributed by atoms with E-state index in [0.717, 1.165) is 16.5 Å². The van der Waals surface area contributed by atoms with E-state index in [1.54, 1.807) is 6.07 Å². The lowest BCUT2D eigenvalue weighted by Crippen LogP contribution is -2.26. The van der Waals surface area contributed by atoms with E-state index in [4.69, 9.17) is 5.73 Å². The first-order valence-electron chi connectivity index (χ1n) is 4.90. The molecular weight excluding hydrogens is 256 g/mol. The number of carbonyl (C=O) groups excluding carboxylic acids is 1. The number of hydrogen-bond acceptors (Lipinski definition) is 2. The number of nitrogens with one attached hydrogen (secondary N) is 1. The van der Waals surface area contributed by atoms with Crippen molar-refractivity contribution in [2.45, 2.75) is 13.3 Å². The quantitative estimate of drug-likeness (QED) is 0.821. The lowest BCUT2D eigenvalue weighted by molar-refractivity contribution is 0.0952. The molecule has 0 spiro atoms. The van der Waals surface area contributed by atoms with E-state index in [1.807, 2.05) is 19.1 Å². The molecule has 1 amide bonds. The summed E-state index contributed by atoms with van der Waals surface area (Å²) in [4.78, 5) is 11.7. The molecule has 1 aromatic carbocycles. The van der Waals surface area contributed by atoms with Gasteiger partial charge in [-0.15, -0.1) is 0 Å². The maximum Gasteiger partial charge on any atom is 0.252 e. The van der Waals surface area contributed by atoms with Crippen LogP contribution in [0.2, 0.25) is 0 Å². The monoisotopic (exact) mass is 270 g/mol. The van der Waals surface area contributed by atoms with Crippen LogP contribution in [0.4, 0.5) is 0 Å². The molecule has 0 bridgehead atoms. The van der Waals surface area contributed by atoms with Crippen molar-refractivity contribution in [2.24, 2.45) is 5.73 Å². The average Bonchev–Trinajstić information content (AvgIpc) is 2.22. The number of aryl methyl sites for hydroxylation is 1. The summed E-state index contributed by atoms with van der Waals surface area (Å²) in [6.07, 6.45) is 0.801. The van der Waals surface area contributed by atoms with Crippen molar-refractivity contribution >= 4 is 21.8 Å². The number of nitrogens with two attached hydrogens (primary N) is 1. The highest BCUT2D eigenvalue weighted by Crippen LogP contribution is 2.20. The van der Waals surface area contributed by atoms with Crippen LogP contribution in [0.3, 0.4) is 0 Å². The van der Waals surface area contributed by atoms with E-state index in [1.165, 1.54) is 0 Å². The molecule has 4 heteroatoms. The molecule has 15 heavy (non-hydrogen) atoms. The van der Waals surface area contributed by atoms with Gasteiger partial charge in [-0.3, -0.25) is 4.79 Å². The summed E-state index contributed by atoms with van der Waals surface area (Å²) in [5.41, 5.74) is 7.08. The highest BCUT2D eigenvalue weighted by Gasteiger charge is 2.09. The van der Waals surface area contributed by atoms with Gasteiger partial charge in [-0.05, 0) is 47.4 Å². The van der Waals surface area contributed by atoms with Crippen LogP contribution in [-0.2, 0) is 0 Å². The lowest BCUT2D eigenvalue weighted by Gasteiger charge is -2.07. The summed E-state index contributed by atoms with van der Waals surface area (Å²) in [6.45, 7) is 3.17. The van der Waals surface area contributed by atoms with Crippen molar-refractivity contribution < 1.29 is 4.79 Å². The van der Waals surface area contributed by atoms with Gasteiger partial charge in [0.05, 0.1) is 5.56 Å². The van der Waals surface area contributed by atoms with Crippen LogP contribution in [0.15, 0.2) is 22.7 Å². The second-order valence-corrected chi connectivity index (χ2v) is 4.13. The standard InChI is InChI=1S/C11H15BrN2O/c1-8-4-2-5-9(10(8)12)11(15)14-7-3-6-13/h2,4-5H,3,6-7,13H2,1H3,(H,14,15). The van der Waals surface area contributed by atoms with Crippen LogP contribution in [0.25, 0.3) is 0 Å². The highest BCUT2D eigenvalue weighted by molar-refractivity contribution is 9.10. The lowest BCUT2D eigenvalue weighted by atomic mass is 10.1. The van der Waals surface area contributed by atoms with Gasteiger partial charge < -0.3 is 11.1 Å². The Hall–Kier alpha value is -0.870. The van der Waals surface area contributed by atoms with Gasteiger partial charge in [-0.1, -0.05) is 12.1 Å². The minimum absolute atomic E-state index is 0.0565. The maximum absolute atomic E-state index is 11.7. The number of carbonyl (C=O) groups is 1. The molecule has 82 valence electrons. The van der Waals surface area contributed by atoms with Gasteiger partial charge in [0.25, 0.3) is 5.91 Å². The zero-order valence-electron chi connectivity index (χ0n) is 8.72. The molecule has 0 aliphatic carbocycles. The summed E-state index contributed by atoms with van der Waals surface area (Å²) in [6, 6.07) is 5.63. The van der Waals surface area contributed by atoms with Crippen LogP contribution in [0.1, 0.15) is 22.3 Å². The van der Waals surface area contributed by atoms with Gasteiger partial charge in [-0.2, -0.15) is 0 Å². The van der Waals surface area contributed by atoms with Crippen molar-refractivity contribution in [1.82, 2.24) is 5.32 Å². The number of halogens is 1. The largest absolute Gasteiger partial charge is 0.352 e. The van der Waals surface area contributed by atoms with Gasteiger partial charge in [-0.25, -0.2) is 0 Å². The van der Waals surface area contributed by atoms with Crippen LogP contribution in [-0.4, -0.2) is 19.0 Å². The van der Waals surface area contributed by atoms with Crippen molar-refractivity contribution in [3.05, 3.63) is 33.8 Å². The molecule has 0 saturated carbocycles. The maximum atomic E-state index is 11.7. The third-order valence-corrected chi connectivity index (χ3v) is 3.16. The van der Waals surface area contributed by atoms with Gasteiger partial charge in [0.2, 0.25) is 0 Å². The molecule has 0 saturated heterocycles. The SMILES string of the molecule is Cc1cccc(C(=O)NCCCN)c1Br. The normalized spacial score (nSPS) is 10.1. The predicted octanol–water partition coefficient (Wildman–Crippen LogP) is 1.84. The fourth-order valence-corrected chi connectivity index (χ4v) is 1.67. The summed E-state index contributed by atoms with van der Waals surface area (Å²) in [5, 5.41) is 2.82. The van der Waals surface area contributed by atoms with E-state index < -0.39 is 0 Å². The Balaban J connectivity index is 2.69. The Bertz CT molecular complexity index is 352. The summed E-state index contributed by atoms with van der Waals surface area (Å²) in [5.74, 6) is -0.0565. The Morgan fingerprint density at radius 1 is 1.53 bits per heavy atom. The molecule has 0 atom stereocenters. The Morgan fingerprint density at radius 2 is 2.27 bits per heavy atom. The zero-order valence-corrected chi connectivity index (χ0v) is 10.3. The fourth-order valence-electron chi connectivity index (χ4n) is 1.22. The first kappa shape index (κ1) is 12.2. The topological polar surface area (TPSA) is 55.1 Å². The number of rotatable bonds is 4. The molecular formula is C11H15BrN2O. The number of benzene rings is 1. The predicted molar refractivity (Wildman–Crippen MR) is 64.9 cm³/mol. The van der Waals surface area contributed by atoms with Crippen molar-refractivity contribution in [2.75, 3.05) is 13.1 Å². The molecule has 0 aliphatic heterocycles. The van der Waals surface area contributed by atoms with Crippen molar-refractivity contribution in [3.8, 4) is 0 Å². The van der Waals surface area contributed by atoms with Gasteiger partial charge in [0.1, 0.15) is 0 Å².